The zero-order valence-corrected chi connectivity index (χ0v) is 18.2. The van der Waals surface area contributed by atoms with E-state index in [4.69, 9.17) is 4.74 Å². The molecule has 3 rings (SSSR count). The van der Waals surface area contributed by atoms with Crippen LogP contribution in [0.2, 0.25) is 0 Å². The number of aryl methyl sites for hydroxylation is 1. The minimum atomic E-state index is -3.83. The van der Waals surface area contributed by atoms with E-state index >= 15 is 0 Å². The monoisotopic (exact) mass is 447 g/mol. The van der Waals surface area contributed by atoms with Crippen molar-refractivity contribution in [3.63, 3.8) is 0 Å². The number of hydrogen-bond acceptors (Lipinski definition) is 5. The van der Waals surface area contributed by atoms with Crippen LogP contribution in [0.15, 0.2) is 64.9 Å². The van der Waals surface area contributed by atoms with Crippen molar-refractivity contribution in [2.45, 2.75) is 23.5 Å². The van der Waals surface area contributed by atoms with Crippen molar-refractivity contribution >= 4 is 27.1 Å². The van der Waals surface area contributed by atoms with Crippen LogP contribution in [0.3, 0.4) is 0 Å². The molecule has 3 aromatic rings. The number of benzene rings is 2. The molecule has 0 aliphatic heterocycles. The van der Waals surface area contributed by atoms with Crippen LogP contribution in [0.5, 0.6) is 5.75 Å². The number of carbonyl (C=O) groups excluding carboxylic acids is 1. The molecule has 30 heavy (non-hydrogen) atoms. The van der Waals surface area contributed by atoms with E-state index in [0.717, 1.165) is 11.6 Å². The predicted molar refractivity (Wildman–Crippen MR) is 115 cm³/mol. The molecule has 0 spiro atoms. The van der Waals surface area contributed by atoms with Crippen LogP contribution >= 0.6 is 11.3 Å². The van der Waals surface area contributed by atoms with Gasteiger partial charge >= 0.3 is 0 Å². The molecule has 1 amide bonds. The highest BCUT2D eigenvalue weighted by Crippen LogP contribution is 2.32. The molecule has 0 unspecified atom stereocenters. The molecule has 1 aromatic heterocycles. The van der Waals surface area contributed by atoms with E-state index < -0.39 is 20.9 Å². The highest BCUT2D eigenvalue weighted by Gasteiger charge is 2.30. The standard InChI is InChI=1S/C22H22FNO4S2/c1-15-12-18(9-10-19(15)23)30(26,27)21(20-4-3-11-29-20)14-24-22(25)13-16-5-7-17(28-2)8-6-16/h3-12,21H,13-14H2,1-2H3,(H,24,25)/t21-/m1/s1. The zero-order valence-electron chi connectivity index (χ0n) is 16.6. The molecular weight excluding hydrogens is 425 g/mol. The molecular formula is C22H22FNO4S2. The zero-order chi connectivity index (χ0) is 21.7. The van der Waals surface area contributed by atoms with Crippen LogP contribution in [0, 0.1) is 12.7 Å². The van der Waals surface area contributed by atoms with Crippen molar-refractivity contribution in [3.8, 4) is 5.75 Å². The van der Waals surface area contributed by atoms with E-state index in [2.05, 4.69) is 5.32 Å². The molecule has 0 bridgehead atoms. The average molecular weight is 448 g/mol. The first-order valence-electron chi connectivity index (χ1n) is 9.24. The van der Waals surface area contributed by atoms with Gasteiger partial charge in [-0.25, -0.2) is 12.8 Å². The quantitative estimate of drug-likeness (QED) is 0.528. The summed E-state index contributed by atoms with van der Waals surface area (Å²) < 4.78 is 45.2. The molecule has 8 heteroatoms. The molecule has 0 aliphatic carbocycles. The number of carbonyl (C=O) groups is 1. The Balaban J connectivity index is 1.77. The maximum absolute atomic E-state index is 13.6. The van der Waals surface area contributed by atoms with Crippen LogP contribution in [0.1, 0.15) is 21.3 Å². The normalized spacial score (nSPS) is 12.4. The van der Waals surface area contributed by atoms with E-state index in [1.54, 1.807) is 48.9 Å². The number of hydrogen-bond donors (Lipinski definition) is 1. The van der Waals surface area contributed by atoms with E-state index in [0.29, 0.717) is 10.6 Å². The van der Waals surface area contributed by atoms with Gasteiger partial charge in [0.05, 0.1) is 18.4 Å². The molecule has 5 nitrogen and oxygen atoms in total. The number of nitrogens with one attached hydrogen (secondary N) is 1. The van der Waals surface area contributed by atoms with Gasteiger partial charge < -0.3 is 10.1 Å². The van der Waals surface area contributed by atoms with Crippen LogP contribution in [0.4, 0.5) is 4.39 Å². The van der Waals surface area contributed by atoms with Crippen molar-refractivity contribution in [2.75, 3.05) is 13.7 Å². The first-order valence-corrected chi connectivity index (χ1v) is 11.7. The molecule has 2 aromatic carbocycles. The molecule has 158 valence electrons. The van der Waals surface area contributed by atoms with Crippen molar-refractivity contribution in [1.29, 1.82) is 0 Å². The fourth-order valence-corrected chi connectivity index (χ4v) is 5.86. The average Bonchev–Trinajstić information content (AvgIpc) is 3.25. The first-order chi connectivity index (χ1) is 14.3. The van der Waals surface area contributed by atoms with Gasteiger partial charge in [0, 0.05) is 11.4 Å². The molecule has 0 fully saturated rings. The van der Waals surface area contributed by atoms with Gasteiger partial charge in [0.15, 0.2) is 9.84 Å². The molecule has 1 heterocycles. The summed E-state index contributed by atoms with van der Waals surface area (Å²) in [6, 6.07) is 14.3. The lowest BCUT2D eigenvalue weighted by Gasteiger charge is -2.18. The van der Waals surface area contributed by atoms with Gasteiger partial charge in [0.1, 0.15) is 16.8 Å². The summed E-state index contributed by atoms with van der Waals surface area (Å²) in [7, 11) is -2.26. The third-order valence-electron chi connectivity index (χ3n) is 4.70. The lowest BCUT2D eigenvalue weighted by molar-refractivity contribution is -0.120. The van der Waals surface area contributed by atoms with Crippen LogP contribution < -0.4 is 10.1 Å². The summed E-state index contributed by atoms with van der Waals surface area (Å²) in [6.45, 7) is 1.44. The highest BCUT2D eigenvalue weighted by molar-refractivity contribution is 7.91. The molecule has 0 radical (unpaired) electrons. The van der Waals surface area contributed by atoms with E-state index in [9.17, 15) is 17.6 Å². The van der Waals surface area contributed by atoms with E-state index in [-0.39, 0.29) is 29.3 Å². The maximum Gasteiger partial charge on any atom is 0.224 e. The SMILES string of the molecule is COc1ccc(CC(=O)NC[C@H](c2cccs2)S(=O)(=O)c2ccc(F)c(C)c2)cc1. The summed E-state index contributed by atoms with van der Waals surface area (Å²) in [5, 5.41) is 3.56. The van der Waals surface area contributed by atoms with Crippen LogP contribution in [-0.2, 0) is 21.1 Å². The number of halogens is 1. The Hall–Kier alpha value is -2.71. The Morgan fingerprint density at radius 2 is 1.90 bits per heavy atom. The van der Waals surface area contributed by atoms with Crippen molar-refractivity contribution < 1.29 is 22.3 Å². The Bertz CT molecular complexity index is 1110. The molecule has 0 saturated carbocycles. The van der Waals surface area contributed by atoms with Gasteiger partial charge in [-0.1, -0.05) is 18.2 Å². The third kappa shape index (κ3) is 5.06. The third-order valence-corrected chi connectivity index (χ3v) is 7.92. The van der Waals surface area contributed by atoms with Gasteiger partial charge in [-0.3, -0.25) is 4.79 Å². The lowest BCUT2D eigenvalue weighted by Crippen LogP contribution is -2.32. The first kappa shape index (κ1) is 22.0. The van der Waals surface area contributed by atoms with Crippen molar-refractivity contribution in [1.82, 2.24) is 5.32 Å². The Labute approximate surface area is 179 Å². The highest BCUT2D eigenvalue weighted by atomic mass is 32.2. The summed E-state index contributed by atoms with van der Waals surface area (Å²) >= 11 is 1.30. The summed E-state index contributed by atoms with van der Waals surface area (Å²) in [5.41, 5.74) is 1.04. The Kier molecular flexibility index (Phi) is 6.89. The van der Waals surface area contributed by atoms with Crippen molar-refractivity contribution in [3.05, 3.63) is 81.8 Å². The fourth-order valence-electron chi connectivity index (χ4n) is 2.99. The molecule has 0 aliphatic rings. The van der Waals surface area contributed by atoms with Crippen LogP contribution in [0.25, 0.3) is 0 Å². The van der Waals surface area contributed by atoms with Gasteiger partial charge in [-0.15, -0.1) is 11.3 Å². The molecule has 1 atom stereocenters. The second-order valence-corrected chi connectivity index (χ2v) is 9.90. The minimum Gasteiger partial charge on any atom is -0.497 e. The molecule has 0 saturated heterocycles. The Morgan fingerprint density at radius 1 is 1.17 bits per heavy atom. The largest absolute Gasteiger partial charge is 0.497 e. The second kappa shape index (κ2) is 9.40. The maximum atomic E-state index is 13.6. The summed E-state index contributed by atoms with van der Waals surface area (Å²) in [6.07, 6.45) is 0.122. The van der Waals surface area contributed by atoms with E-state index in [1.165, 1.54) is 30.4 Å². The van der Waals surface area contributed by atoms with Gasteiger partial charge in [0.25, 0.3) is 0 Å². The second-order valence-electron chi connectivity index (χ2n) is 6.79. The topological polar surface area (TPSA) is 72.5 Å². The number of thiophene rings is 1. The predicted octanol–water partition coefficient (Wildman–Crippen LogP) is 4.08. The number of amides is 1. The fraction of sp³-hybridized carbons (Fsp3) is 0.227. The molecule has 1 N–H and O–H groups in total. The van der Waals surface area contributed by atoms with Gasteiger partial charge in [0.2, 0.25) is 5.91 Å². The summed E-state index contributed by atoms with van der Waals surface area (Å²) in [4.78, 5) is 13.1. The smallest absolute Gasteiger partial charge is 0.224 e. The number of ether oxygens (including phenoxy) is 1. The number of rotatable bonds is 8. The van der Waals surface area contributed by atoms with Crippen molar-refractivity contribution in [2.24, 2.45) is 0 Å². The van der Waals surface area contributed by atoms with Gasteiger partial charge in [-0.2, -0.15) is 0 Å². The van der Waals surface area contributed by atoms with E-state index in [1.807, 2.05) is 0 Å². The van der Waals surface area contributed by atoms with Crippen LogP contribution in [-0.4, -0.2) is 28.0 Å². The Morgan fingerprint density at radius 3 is 2.50 bits per heavy atom. The lowest BCUT2D eigenvalue weighted by atomic mass is 10.1. The number of sulfone groups is 1. The summed E-state index contributed by atoms with van der Waals surface area (Å²) in [5.74, 6) is -0.0563. The minimum absolute atomic E-state index is 0.0317. The van der Waals surface area contributed by atoms with Gasteiger partial charge in [-0.05, 0) is 59.8 Å². The number of methoxy groups -OCH3 is 1.